The van der Waals surface area contributed by atoms with Crippen LogP contribution < -0.4 is 4.90 Å². The minimum atomic E-state index is -0.133. The smallest absolute Gasteiger partial charge is 0.280 e. The highest BCUT2D eigenvalue weighted by Gasteiger charge is 2.28. The summed E-state index contributed by atoms with van der Waals surface area (Å²) in [6.07, 6.45) is 3.84. The van der Waals surface area contributed by atoms with Gasteiger partial charge in [0.15, 0.2) is 10.8 Å². The molecule has 0 spiro atoms. The van der Waals surface area contributed by atoms with Gasteiger partial charge in [0.25, 0.3) is 5.91 Å². The lowest BCUT2D eigenvalue weighted by molar-refractivity contribution is 0.0913. The van der Waals surface area contributed by atoms with Crippen molar-refractivity contribution in [2.45, 2.75) is 25.9 Å². The van der Waals surface area contributed by atoms with Crippen molar-refractivity contribution < 1.29 is 9.53 Å². The number of rotatable bonds is 4. The fourth-order valence-electron chi connectivity index (χ4n) is 3.04. The Hall–Kier alpha value is -2.25. The summed E-state index contributed by atoms with van der Waals surface area (Å²) in [5.41, 5.74) is 2.53. The SMILES string of the molecule is Cc1ccc2nc(N(CC3CCCO3)C(=O)c3ccn(C)n3)sc2c1. The van der Waals surface area contributed by atoms with Gasteiger partial charge in [0.05, 0.1) is 22.9 Å². The number of anilines is 1. The number of hydrogen-bond donors (Lipinski definition) is 0. The second-order valence-electron chi connectivity index (χ2n) is 6.39. The number of carbonyl (C=O) groups excluding carboxylic acids is 1. The van der Waals surface area contributed by atoms with Gasteiger partial charge in [-0.2, -0.15) is 5.10 Å². The third kappa shape index (κ3) is 3.29. The predicted molar refractivity (Wildman–Crippen MR) is 98.2 cm³/mol. The highest BCUT2D eigenvalue weighted by Crippen LogP contribution is 2.31. The molecule has 1 amide bonds. The molecule has 0 radical (unpaired) electrons. The van der Waals surface area contributed by atoms with Gasteiger partial charge in [-0.05, 0) is 43.5 Å². The van der Waals surface area contributed by atoms with Crippen LogP contribution in [0.1, 0.15) is 28.9 Å². The number of nitrogens with zero attached hydrogens (tertiary/aromatic N) is 4. The summed E-state index contributed by atoms with van der Waals surface area (Å²) < 4.78 is 8.47. The van der Waals surface area contributed by atoms with Crippen molar-refractivity contribution in [3.63, 3.8) is 0 Å². The maximum atomic E-state index is 13.1. The zero-order chi connectivity index (χ0) is 17.4. The number of fused-ring (bicyclic) bond motifs is 1. The van der Waals surface area contributed by atoms with Crippen molar-refractivity contribution in [2.75, 3.05) is 18.1 Å². The molecule has 1 aliphatic heterocycles. The van der Waals surface area contributed by atoms with E-state index in [1.807, 2.05) is 19.2 Å². The molecule has 1 atom stereocenters. The van der Waals surface area contributed by atoms with E-state index in [0.717, 1.165) is 29.7 Å². The first-order chi connectivity index (χ1) is 12.1. The summed E-state index contributed by atoms with van der Waals surface area (Å²) in [7, 11) is 1.81. The Balaban J connectivity index is 1.70. The van der Waals surface area contributed by atoms with Crippen LogP contribution in [0.5, 0.6) is 0 Å². The molecule has 0 N–H and O–H groups in total. The van der Waals surface area contributed by atoms with Crippen LogP contribution in [0.4, 0.5) is 5.13 Å². The molecule has 3 heterocycles. The van der Waals surface area contributed by atoms with Crippen molar-refractivity contribution in [1.29, 1.82) is 0 Å². The average molecular weight is 356 g/mol. The molecule has 0 saturated carbocycles. The fraction of sp³-hybridized carbons (Fsp3) is 0.389. The van der Waals surface area contributed by atoms with Gasteiger partial charge in [-0.25, -0.2) is 4.98 Å². The lowest BCUT2D eigenvalue weighted by Crippen LogP contribution is -2.37. The number of amides is 1. The van der Waals surface area contributed by atoms with Crippen molar-refractivity contribution in [2.24, 2.45) is 7.05 Å². The van der Waals surface area contributed by atoms with Crippen LogP contribution in [0.25, 0.3) is 10.2 Å². The normalized spacial score (nSPS) is 17.3. The maximum Gasteiger partial charge on any atom is 0.280 e. The maximum absolute atomic E-state index is 13.1. The summed E-state index contributed by atoms with van der Waals surface area (Å²) in [6, 6.07) is 7.88. The molecule has 0 aliphatic carbocycles. The molecule has 1 aromatic carbocycles. The molecule has 1 aliphatic rings. The Morgan fingerprint density at radius 3 is 3.04 bits per heavy atom. The Labute approximate surface area is 150 Å². The van der Waals surface area contributed by atoms with Crippen LogP contribution in [0.3, 0.4) is 0 Å². The number of aromatic nitrogens is 3. The van der Waals surface area contributed by atoms with Gasteiger partial charge in [0.1, 0.15) is 0 Å². The standard InChI is InChI=1S/C18H20N4O2S/c1-12-5-6-14-16(10-12)25-18(19-14)22(11-13-4-3-9-24-13)17(23)15-7-8-21(2)20-15/h5-8,10,13H,3-4,9,11H2,1-2H3. The van der Waals surface area contributed by atoms with Gasteiger partial charge in [-0.3, -0.25) is 14.4 Å². The second-order valence-corrected chi connectivity index (χ2v) is 7.40. The van der Waals surface area contributed by atoms with Crippen molar-refractivity contribution >= 4 is 32.6 Å². The third-order valence-corrected chi connectivity index (χ3v) is 5.39. The van der Waals surface area contributed by atoms with Crippen LogP contribution >= 0.6 is 11.3 Å². The molecule has 1 saturated heterocycles. The van der Waals surface area contributed by atoms with Gasteiger partial charge >= 0.3 is 0 Å². The Morgan fingerprint density at radius 1 is 1.44 bits per heavy atom. The number of thiazole rings is 1. The molecule has 2 aromatic heterocycles. The highest BCUT2D eigenvalue weighted by atomic mass is 32.1. The molecule has 6 nitrogen and oxygen atoms in total. The number of carbonyl (C=O) groups is 1. The van der Waals surface area contributed by atoms with E-state index in [-0.39, 0.29) is 12.0 Å². The topological polar surface area (TPSA) is 60.3 Å². The van der Waals surface area contributed by atoms with E-state index in [0.29, 0.717) is 17.4 Å². The summed E-state index contributed by atoms with van der Waals surface area (Å²) >= 11 is 1.54. The quantitative estimate of drug-likeness (QED) is 0.720. The first kappa shape index (κ1) is 16.2. The number of benzene rings is 1. The first-order valence-electron chi connectivity index (χ1n) is 8.40. The molecule has 7 heteroatoms. The largest absolute Gasteiger partial charge is 0.376 e. The minimum absolute atomic E-state index is 0.0569. The summed E-state index contributed by atoms with van der Waals surface area (Å²) in [4.78, 5) is 19.5. The number of aryl methyl sites for hydroxylation is 2. The molecular weight excluding hydrogens is 336 g/mol. The van der Waals surface area contributed by atoms with Crippen molar-refractivity contribution in [3.05, 3.63) is 41.7 Å². The van der Waals surface area contributed by atoms with Crippen LogP contribution in [0.15, 0.2) is 30.5 Å². The average Bonchev–Trinajstić information content (AvgIpc) is 3.31. The van der Waals surface area contributed by atoms with Gasteiger partial charge in [-0.15, -0.1) is 0 Å². The number of ether oxygens (including phenoxy) is 1. The first-order valence-corrected chi connectivity index (χ1v) is 9.22. The monoisotopic (exact) mass is 356 g/mol. The van der Waals surface area contributed by atoms with Crippen LogP contribution in [-0.2, 0) is 11.8 Å². The van der Waals surface area contributed by atoms with Gasteiger partial charge in [-0.1, -0.05) is 17.4 Å². The lowest BCUT2D eigenvalue weighted by Gasteiger charge is -2.22. The molecule has 1 fully saturated rings. The van der Waals surface area contributed by atoms with E-state index in [1.54, 1.807) is 21.8 Å². The predicted octanol–water partition coefficient (Wildman–Crippen LogP) is 3.16. The van der Waals surface area contributed by atoms with Crippen molar-refractivity contribution in [3.8, 4) is 0 Å². The molecule has 130 valence electrons. The van der Waals surface area contributed by atoms with Crippen LogP contribution in [-0.4, -0.2) is 39.9 Å². The van der Waals surface area contributed by atoms with E-state index in [1.165, 1.54) is 16.9 Å². The molecule has 3 aromatic rings. The Kier molecular flexibility index (Phi) is 4.27. The van der Waals surface area contributed by atoms with Crippen LogP contribution in [0.2, 0.25) is 0 Å². The number of hydrogen-bond acceptors (Lipinski definition) is 5. The van der Waals surface area contributed by atoms with Gasteiger partial charge < -0.3 is 4.74 Å². The Bertz CT molecular complexity index is 911. The lowest BCUT2D eigenvalue weighted by atomic mass is 10.2. The minimum Gasteiger partial charge on any atom is -0.376 e. The van der Waals surface area contributed by atoms with Crippen LogP contribution in [0, 0.1) is 6.92 Å². The molecule has 4 rings (SSSR count). The Morgan fingerprint density at radius 2 is 2.32 bits per heavy atom. The van der Waals surface area contributed by atoms with Crippen molar-refractivity contribution in [1.82, 2.24) is 14.8 Å². The van der Waals surface area contributed by atoms with Gasteiger partial charge in [0.2, 0.25) is 0 Å². The van der Waals surface area contributed by atoms with E-state index in [4.69, 9.17) is 4.74 Å². The highest BCUT2D eigenvalue weighted by molar-refractivity contribution is 7.22. The molecular formula is C18H20N4O2S. The van der Waals surface area contributed by atoms with E-state index >= 15 is 0 Å². The second kappa shape index (κ2) is 6.57. The third-order valence-electron chi connectivity index (χ3n) is 4.35. The van der Waals surface area contributed by atoms with E-state index in [2.05, 4.69) is 23.1 Å². The summed E-state index contributed by atoms with van der Waals surface area (Å²) in [5.74, 6) is -0.133. The zero-order valence-electron chi connectivity index (χ0n) is 14.3. The van der Waals surface area contributed by atoms with Gasteiger partial charge in [0, 0.05) is 19.9 Å². The molecule has 0 bridgehead atoms. The summed E-state index contributed by atoms with van der Waals surface area (Å²) in [6.45, 7) is 3.32. The molecule has 25 heavy (non-hydrogen) atoms. The van der Waals surface area contributed by atoms with E-state index in [9.17, 15) is 4.79 Å². The summed E-state index contributed by atoms with van der Waals surface area (Å²) in [5, 5.41) is 4.96. The zero-order valence-corrected chi connectivity index (χ0v) is 15.1. The fourth-order valence-corrected chi connectivity index (χ4v) is 4.11. The van der Waals surface area contributed by atoms with E-state index < -0.39 is 0 Å². The molecule has 1 unspecified atom stereocenters.